The lowest BCUT2D eigenvalue weighted by Gasteiger charge is -2.13. The zero-order valence-electron chi connectivity index (χ0n) is 11.3. The first-order chi connectivity index (χ1) is 8.68. The van der Waals surface area contributed by atoms with E-state index >= 15 is 0 Å². The molecule has 0 N–H and O–H groups in total. The number of carbonyl (C=O) groups is 2. The van der Waals surface area contributed by atoms with E-state index < -0.39 is 15.8 Å². The average Bonchev–Trinajstić information content (AvgIpc) is 2.28. The topological polar surface area (TPSA) is 77.5 Å². The molecular weight excluding hydrogens is 268 g/mol. The molecule has 5 nitrogen and oxygen atoms in total. The molecule has 0 bridgehead atoms. The van der Waals surface area contributed by atoms with Crippen LogP contribution in [0.1, 0.15) is 28.4 Å². The van der Waals surface area contributed by atoms with Crippen molar-refractivity contribution >= 4 is 21.6 Å². The Bertz CT molecular complexity index is 629. The molecule has 0 spiro atoms. The molecule has 0 fully saturated rings. The van der Waals surface area contributed by atoms with Crippen LogP contribution in [0.15, 0.2) is 17.0 Å². The van der Waals surface area contributed by atoms with Gasteiger partial charge in [-0.25, -0.2) is 13.2 Å². The Morgan fingerprint density at radius 3 is 2.26 bits per heavy atom. The minimum atomic E-state index is -3.46. The number of benzene rings is 1. The van der Waals surface area contributed by atoms with Crippen molar-refractivity contribution in [1.29, 1.82) is 0 Å². The standard InChI is InChI=1S/C13H16O5S/c1-8(14)7-11-9(2)10(13(15)18-3)5-6-12(11)19(4,16)17/h5-6H,7H2,1-4H3. The fourth-order valence-electron chi connectivity index (χ4n) is 1.88. The van der Waals surface area contributed by atoms with E-state index in [9.17, 15) is 18.0 Å². The molecule has 0 saturated carbocycles. The van der Waals surface area contributed by atoms with Crippen molar-refractivity contribution in [2.24, 2.45) is 0 Å². The van der Waals surface area contributed by atoms with Crippen LogP contribution >= 0.6 is 0 Å². The molecular formula is C13H16O5S. The van der Waals surface area contributed by atoms with Gasteiger partial charge in [-0.05, 0) is 37.1 Å². The van der Waals surface area contributed by atoms with Gasteiger partial charge >= 0.3 is 5.97 Å². The predicted molar refractivity (Wildman–Crippen MR) is 70.0 cm³/mol. The molecule has 0 saturated heterocycles. The second-order valence-electron chi connectivity index (χ2n) is 4.36. The number of hydrogen-bond donors (Lipinski definition) is 0. The van der Waals surface area contributed by atoms with Gasteiger partial charge < -0.3 is 4.74 Å². The molecule has 19 heavy (non-hydrogen) atoms. The van der Waals surface area contributed by atoms with Gasteiger partial charge in [-0.2, -0.15) is 0 Å². The summed E-state index contributed by atoms with van der Waals surface area (Å²) in [6.45, 7) is 2.98. The normalized spacial score (nSPS) is 11.2. The smallest absolute Gasteiger partial charge is 0.338 e. The van der Waals surface area contributed by atoms with Crippen LogP contribution < -0.4 is 0 Å². The van der Waals surface area contributed by atoms with Gasteiger partial charge in [-0.3, -0.25) is 4.79 Å². The highest BCUT2D eigenvalue weighted by Crippen LogP contribution is 2.24. The summed E-state index contributed by atoms with van der Waals surface area (Å²) in [5.74, 6) is -0.725. The third kappa shape index (κ3) is 3.41. The molecule has 0 aromatic heterocycles. The lowest BCUT2D eigenvalue weighted by atomic mass is 9.98. The molecule has 0 aliphatic carbocycles. The minimum Gasteiger partial charge on any atom is -0.465 e. The highest BCUT2D eigenvalue weighted by atomic mass is 32.2. The van der Waals surface area contributed by atoms with E-state index in [2.05, 4.69) is 4.74 Å². The molecule has 0 atom stereocenters. The zero-order valence-corrected chi connectivity index (χ0v) is 12.1. The largest absolute Gasteiger partial charge is 0.465 e. The van der Waals surface area contributed by atoms with E-state index in [-0.39, 0.29) is 22.7 Å². The molecule has 0 unspecified atom stereocenters. The van der Waals surface area contributed by atoms with E-state index in [4.69, 9.17) is 0 Å². The highest BCUT2D eigenvalue weighted by molar-refractivity contribution is 7.90. The number of methoxy groups -OCH3 is 1. The SMILES string of the molecule is COC(=O)c1ccc(S(C)(=O)=O)c(CC(C)=O)c1C. The quantitative estimate of drug-likeness (QED) is 0.779. The first-order valence-corrected chi connectivity index (χ1v) is 7.48. The van der Waals surface area contributed by atoms with Gasteiger partial charge in [0.05, 0.1) is 17.6 Å². The fraction of sp³-hybridized carbons (Fsp3) is 0.385. The maximum Gasteiger partial charge on any atom is 0.338 e. The monoisotopic (exact) mass is 284 g/mol. The fourth-order valence-corrected chi connectivity index (χ4v) is 2.87. The van der Waals surface area contributed by atoms with Crippen LogP contribution in [0.3, 0.4) is 0 Å². The van der Waals surface area contributed by atoms with Crippen molar-refractivity contribution in [3.8, 4) is 0 Å². The maximum absolute atomic E-state index is 11.7. The third-order valence-corrected chi connectivity index (χ3v) is 3.97. The Kier molecular flexibility index (Phi) is 4.47. The number of sulfone groups is 1. The Labute approximate surface area is 112 Å². The molecule has 104 valence electrons. The van der Waals surface area contributed by atoms with Crippen molar-refractivity contribution in [2.75, 3.05) is 13.4 Å². The number of esters is 1. The van der Waals surface area contributed by atoms with Crippen molar-refractivity contribution in [3.63, 3.8) is 0 Å². The molecule has 1 aromatic rings. The number of ether oxygens (including phenoxy) is 1. The van der Waals surface area contributed by atoms with E-state index in [1.807, 2.05) is 0 Å². The van der Waals surface area contributed by atoms with E-state index in [1.165, 1.54) is 26.2 Å². The summed E-state index contributed by atoms with van der Waals surface area (Å²) >= 11 is 0. The van der Waals surface area contributed by atoms with Crippen LogP contribution in [0.25, 0.3) is 0 Å². The molecule has 6 heteroatoms. The van der Waals surface area contributed by atoms with Crippen LogP contribution in [-0.2, 0) is 25.8 Å². The molecule has 0 aliphatic rings. The molecule has 0 aliphatic heterocycles. The molecule has 0 heterocycles. The van der Waals surface area contributed by atoms with Gasteiger partial charge in [-0.1, -0.05) is 0 Å². The van der Waals surface area contributed by atoms with Gasteiger partial charge in [0.2, 0.25) is 0 Å². The third-order valence-electron chi connectivity index (χ3n) is 2.79. The van der Waals surface area contributed by atoms with Crippen molar-refractivity contribution in [3.05, 3.63) is 28.8 Å². The maximum atomic E-state index is 11.7. The molecule has 1 rings (SSSR count). The lowest BCUT2D eigenvalue weighted by Crippen LogP contribution is -2.12. The van der Waals surface area contributed by atoms with Crippen molar-refractivity contribution in [2.45, 2.75) is 25.2 Å². The van der Waals surface area contributed by atoms with Gasteiger partial charge in [0, 0.05) is 12.7 Å². The summed E-state index contributed by atoms with van der Waals surface area (Å²) in [6.07, 6.45) is 1.04. The van der Waals surface area contributed by atoms with Gasteiger partial charge in [-0.15, -0.1) is 0 Å². The van der Waals surface area contributed by atoms with E-state index in [0.29, 0.717) is 11.1 Å². The Morgan fingerprint density at radius 1 is 1.26 bits per heavy atom. The van der Waals surface area contributed by atoms with Crippen LogP contribution in [0.2, 0.25) is 0 Å². The number of hydrogen-bond acceptors (Lipinski definition) is 5. The molecule has 0 radical (unpaired) electrons. The summed E-state index contributed by atoms with van der Waals surface area (Å²) in [5.41, 5.74) is 1.09. The average molecular weight is 284 g/mol. The second kappa shape index (κ2) is 5.52. The first kappa shape index (κ1) is 15.4. The zero-order chi connectivity index (χ0) is 14.8. The number of ketones is 1. The summed E-state index contributed by atoms with van der Waals surface area (Å²) in [5, 5.41) is 0. The molecule has 0 amide bonds. The van der Waals surface area contributed by atoms with Gasteiger partial charge in [0.15, 0.2) is 9.84 Å². The number of rotatable bonds is 4. The predicted octanol–water partition coefficient (Wildman–Crippen LogP) is 1.32. The highest BCUT2D eigenvalue weighted by Gasteiger charge is 2.21. The van der Waals surface area contributed by atoms with Crippen LogP contribution in [0, 0.1) is 6.92 Å². The van der Waals surface area contributed by atoms with Crippen LogP contribution in [0.4, 0.5) is 0 Å². The Balaban J connectivity index is 3.58. The first-order valence-electron chi connectivity index (χ1n) is 5.58. The van der Waals surface area contributed by atoms with Crippen molar-refractivity contribution < 1.29 is 22.7 Å². The summed E-state index contributed by atoms with van der Waals surface area (Å²) in [4.78, 5) is 22.9. The van der Waals surface area contributed by atoms with Gasteiger partial charge in [0.25, 0.3) is 0 Å². The lowest BCUT2D eigenvalue weighted by molar-refractivity contribution is -0.116. The Morgan fingerprint density at radius 2 is 1.84 bits per heavy atom. The van der Waals surface area contributed by atoms with E-state index in [0.717, 1.165) is 6.26 Å². The second-order valence-corrected chi connectivity index (χ2v) is 6.34. The Hall–Kier alpha value is -1.69. The summed E-state index contributed by atoms with van der Waals surface area (Å²) in [7, 11) is -2.21. The summed E-state index contributed by atoms with van der Waals surface area (Å²) in [6, 6.07) is 2.74. The molecule has 1 aromatic carbocycles. The summed E-state index contributed by atoms with van der Waals surface area (Å²) < 4.78 is 28.1. The van der Waals surface area contributed by atoms with Gasteiger partial charge in [0.1, 0.15) is 5.78 Å². The van der Waals surface area contributed by atoms with E-state index in [1.54, 1.807) is 6.92 Å². The number of Topliss-reactive ketones (excluding diaryl/α,β-unsaturated/α-hetero) is 1. The minimum absolute atomic E-state index is 0.0287. The van der Waals surface area contributed by atoms with Crippen LogP contribution in [0.5, 0.6) is 0 Å². The van der Waals surface area contributed by atoms with Crippen molar-refractivity contribution in [1.82, 2.24) is 0 Å². The number of carbonyl (C=O) groups excluding carboxylic acids is 2. The van der Waals surface area contributed by atoms with Crippen LogP contribution in [-0.4, -0.2) is 33.5 Å².